The summed E-state index contributed by atoms with van der Waals surface area (Å²) in [5.41, 5.74) is 6.19. The number of aryl methyl sites for hydroxylation is 2. The van der Waals surface area contributed by atoms with E-state index in [0.29, 0.717) is 18.4 Å². The molecule has 7 heteroatoms. The first-order valence-electron chi connectivity index (χ1n) is 15.6. The molecule has 2 atom stereocenters. The maximum Gasteiger partial charge on any atom is 0.224 e. The van der Waals surface area contributed by atoms with Gasteiger partial charge in [0.1, 0.15) is 5.75 Å². The van der Waals surface area contributed by atoms with E-state index in [0.717, 1.165) is 88.0 Å². The molecule has 6 nitrogen and oxygen atoms in total. The lowest BCUT2D eigenvalue weighted by Gasteiger charge is -2.47. The van der Waals surface area contributed by atoms with Crippen LogP contribution in [0, 0.1) is 5.92 Å². The van der Waals surface area contributed by atoms with E-state index in [1.807, 2.05) is 24.3 Å². The Balaban J connectivity index is 1.10. The topological polar surface area (TPSA) is 48.1 Å². The number of rotatable bonds is 9. The molecule has 0 radical (unpaired) electrons. The summed E-state index contributed by atoms with van der Waals surface area (Å²) in [5.74, 6) is 1.49. The molecule has 2 aliphatic heterocycles. The number of carbonyl (C=O) groups excluding carboxylic acids is 1. The van der Waals surface area contributed by atoms with Crippen LogP contribution in [0.1, 0.15) is 42.4 Å². The van der Waals surface area contributed by atoms with Gasteiger partial charge in [-0.15, -0.1) is 0 Å². The largest absolute Gasteiger partial charge is 0.495 e. The molecule has 0 unspecified atom stereocenters. The van der Waals surface area contributed by atoms with Gasteiger partial charge in [0.05, 0.1) is 12.8 Å². The van der Waals surface area contributed by atoms with Crippen LogP contribution in [-0.4, -0.2) is 68.1 Å². The van der Waals surface area contributed by atoms with Crippen LogP contribution in [0.3, 0.4) is 0 Å². The lowest BCUT2D eigenvalue weighted by Crippen LogP contribution is -2.56. The number of benzene rings is 3. The number of para-hydroxylation sites is 2. The highest BCUT2D eigenvalue weighted by atomic mass is 35.5. The Hall–Kier alpha value is -3.06. The molecule has 0 aromatic heterocycles. The molecular weight excluding hydrogens is 544 g/mol. The van der Waals surface area contributed by atoms with E-state index < -0.39 is 0 Å². The zero-order valence-electron chi connectivity index (χ0n) is 24.7. The number of halogens is 1. The molecule has 3 aromatic rings. The molecule has 1 N–H and O–H groups in total. The first kappa shape index (κ1) is 29.0. The van der Waals surface area contributed by atoms with Crippen LogP contribution < -0.4 is 15.0 Å². The average Bonchev–Trinajstić information content (AvgIpc) is 3.48. The third kappa shape index (κ3) is 6.94. The standard InChI is InChI=1S/C35H43ClN4O2/c1-42-34-11-3-2-10-33(34)40-20-18-39(19-21-40)32-16-17-38(24-26-6-4-9-30(36)22-26)25-29(32)13-15-35(41)37-31-14-12-27-7-5-8-28(27)23-31/h2-4,6,9-12,14,22-23,29,32H,5,7-8,13,15-21,24-25H2,1H3,(H,37,41)/t29-,32+/m0/s1. The van der Waals surface area contributed by atoms with Crippen LogP contribution in [0.5, 0.6) is 5.75 Å². The van der Waals surface area contributed by atoms with E-state index in [4.69, 9.17) is 16.3 Å². The number of ether oxygens (including phenoxy) is 1. The van der Waals surface area contributed by atoms with Crippen molar-refractivity contribution >= 4 is 28.9 Å². The van der Waals surface area contributed by atoms with Crippen molar-refractivity contribution < 1.29 is 9.53 Å². The molecule has 3 aliphatic rings. The molecule has 0 spiro atoms. The van der Waals surface area contributed by atoms with E-state index in [1.165, 1.54) is 28.8 Å². The van der Waals surface area contributed by atoms with Gasteiger partial charge in [0.15, 0.2) is 0 Å². The summed E-state index contributed by atoms with van der Waals surface area (Å²) in [6.45, 7) is 6.96. The van der Waals surface area contributed by atoms with Gasteiger partial charge < -0.3 is 15.0 Å². The predicted octanol–water partition coefficient (Wildman–Crippen LogP) is 6.27. The smallest absolute Gasteiger partial charge is 0.224 e. The number of carbonyl (C=O) groups is 1. The highest BCUT2D eigenvalue weighted by molar-refractivity contribution is 6.30. The number of anilines is 2. The molecule has 1 aliphatic carbocycles. The number of likely N-dealkylation sites (tertiary alicyclic amines) is 1. The summed E-state index contributed by atoms with van der Waals surface area (Å²) in [5, 5.41) is 3.99. The van der Waals surface area contributed by atoms with Gasteiger partial charge >= 0.3 is 0 Å². The Morgan fingerprint density at radius 1 is 0.952 bits per heavy atom. The molecule has 2 saturated heterocycles. The van der Waals surface area contributed by atoms with Crippen molar-refractivity contribution in [1.82, 2.24) is 9.80 Å². The molecule has 1 amide bonds. The molecule has 42 heavy (non-hydrogen) atoms. The second-order valence-corrected chi connectivity index (χ2v) is 12.5. The Bertz CT molecular complexity index is 1370. The van der Waals surface area contributed by atoms with Gasteiger partial charge in [-0.25, -0.2) is 0 Å². The minimum atomic E-state index is 0.125. The van der Waals surface area contributed by atoms with Crippen LogP contribution in [-0.2, 0) is 24.2 Å². The van der Waals surface area contributed by atoms with Crippen LogP contribution >= 0.6 is 11.6 Å². The second-order valence-electron chi connectivity index (χ2n) is 12.1. The molecule has 0 bridgehead atoms. The molecule has 3 aromatic carbocycles. The second kappa shape index (κ2) is 13.5. The molecule has 0 saturated carbocycles. The number of fused-ring (bicyclic) bond motifs is 1. The van der Waals surface area contributed by atoms with Gasteiger partial charge in [-0.05, 0) is 97.7 Å². The summed E-state index contributed by atoms with van der Waals surface area (Å²) in [7, 11) is 1.75. The summed E-state index contributed by atoms with van der Waals surface area (Å²) in [4.78, 5) is 20.8. The third-order valence-corrected chi connectivity index (χ3v) is 9.64. The SMILES string of the molecule is COc1ccccc1N1CCN([C@@H]2CCN(Cc3cccc(Cl)c3)C[C@@H]2CCC(=O)Nc2ccc3c(c2)CCC3)CC1. The minimum absolute atomic E-state index is 0.125. The Labute approximate surface area is 255 Å². The van der Waals surface area contributed by atoms with Crippen molar-refractivity contribution in [2.24, 2.45) is 5.92 Å². The molecule has 2 heterocycles. The molecular formula is C35H43ClN4O2. The summed E-state index contributed by atoms with van der Waals surface area (Å²) < 4.78 is 5.64. The van der Waals surface area contributed by atoms with Gasteiger partial charge in [-0.1, -0.05) is 41.9 Å². The normalized spacial score (nSPS) is 21.2. The van der Waals surface area contributed by atoms with E-state index in [2.05, 4.69) is 62.5 Å². The Morgan fingerprint density at radius 3 is 2.62 bits per heavy atom. The van der Waals surface area contributed by atoms with Crippen molar-refractivity contribution in [1.29, 1.82) is 0 Å². The molecule has 2 fully saturated rings. The monoisotopic (exact) mass is 586 g/mol. The van der Waals surface area contributed by atoms with Gasteiger partial charge in [-0.2, -0.15) is 0 Å². The van der Waals surface area contributed by atoms with Crippen LogP contribution in [0.2, 0.25) is 5.02 Å². The van der Waals surface area contributed by atoms with Crippen LogP contribution in [0.25, 0.3) is 0 Å². The number of piperidine rings is 1. The fourth-order valence-corrected chi connectivity index (χ4v) is 7.48. The molecule has 222 valence electrons. The van der Waals surface area contributed by atoms with E-state index in [1.54, 1.807) is 7.11 Å². The zero-order valence-corrected chi connectivity index (χ0v) is 25.5. The first-order valence-corrected chi connectivity index (χ1v) is 15.9. The fourth-order valence-electron chi connectivity index (χ4n) is 7.27. The van der Waals surface area contributed by atoms with Crippen molar-refractivity contribution in [2.45, 2.75) is 51.1 Å². The quantitative estimate of drug-likeness (QED) is 0.320. The maximum atomic E-state index is 13.1. The summed E-state index contributed by atoms with van der Waals surface area (Å²) in [6, 6.07) is 23.4. The van der Waals surface area contributed by atoms with E-state index in [-0.39, 0.29) is 5.91 Å². The fraction of sp³-hybridized carbons (Fsp3) is 0.457. The number of amides is 1. The number of piperazine rings is 1. The lowest BCUT2D eigenvalue weighted by molar-refractivity contribution is -0.116. The summed E-state index contributed by atoms with van der Waals surface area (Å²) in [6.07, 6.45) is 6.05. The van der Waals surface area contributed by atoms with E-state index >= 15 is 0 Å². The number of hydrogen-bond acceptors (Lipinski definition) is 5. The summed E-state index contributed by atoms with van der Waals surface area (Å²) >= 11 is 6.29. The van der Waals surface area contributed by atoms with Gasteiger partial charge in [0.2, 0.25) is 5.91 Å². The van der Waals surface area contributed by atoms with Crippen molar-refractivity contribution in [3.63, 3.8) is 0 Å². The maximum absolute atomic E-state index is 13.1. The van der Waals surface area contributed by atoms with Crippen molar-refractivity contribution in [2.75, 3.05) is 56.6 Å². The van der Waals surface area contributed by atoms with Crippen molar-refractivity contribution in [3.05, 3.63) is 88.4 Å². The Kier molecular flexibility index (Phi) is 9.33. The van der Waals surface area contributed by atoms with E-state index in [9.17, 15) is 4.79 Å². The minimum Gasteiger partial charge on any atom is -0.495 e. The number of nitrogens with zero attached hydrogens (tertiary/aromatic N) is 3. The average molecular weight is 587 g/mol. The van der Waals surface area contributed by atoms with Gasteiger partial charge in [0, 0.05) is 62.4 Å². The number of nitrogens with one attached hydrogen (secondary N) is 1. The predicted molar refractivity (Wildman–Crippen MR) is 172 cm³/mol. The molecule has 6 rings (SSSR count). The lowest BCUT2D eigenvalue weighted by atomic mass is 9.86. The van der Waals surface area contributed by atoms with Crippen molar-refractivity contribution in [3.8, 4) is 5.75 Å². The number of methoxy groups -OCH3 is 1. The number of hydrogen-bond donors (Lipinski definition) is 1. The zero-order chi connectivity index (χ0) is 28.9. The van der Waals surface area contributed by atoms with Crippen LogP contribution in [0.4, 0.5) is 11.4 Å². The van der Waals surface area contributed by atoms with Gasteiger partial charge in [0.25, 0.3) is 0 Å². The third-order valence-electron chi connectivity index (χ3n) is 9.41. The van der Waals surface area contributed by atoms with Crippen LogP contribution in [0.15, 0.2) is 66.7 Å². The Morgan fingerprint density at radius 2 is 1.79 bits per heavy atom. The highest BCUT2D eigenvalue weighted by Gasteiger charge is 2.35. The first-order chi connectivity index (χ1) is 20.6. The highest BCUT2D eigenvalue weighted by Crippen LogP contribution is 2.32. The van der Waals surface area contributed by atoms with Gasteiger partial charge in [-0.3, -0.25) is 14.6 Å².